The number of benzene rings is 2. The largest absolute Gasteiger partial charge is 0.364 e. The summed E-state index contributed by atoms with van der Waals surface area (Å²) in [7, 11) is 6.05. The molecule has 0 atom stereocenters. The maximum Gasteiger partial charge on any atom is 0.328 e. The van der Waals surface area contributed by atoms with Crippen molar-refractivity contribution in [3.8, 4) is 0 Å². The highest BCUT2D eigenvalue weighted by atomic mass is 16.5. The van der Waals surface area contributed by atoms with E-state index >= 15 is 0 Å². The summed E-state index contributed by atoms with van der Waals surface area (Å²) >= 11 is 0. The highest BCUT2D eigenvalue weighted by Crippen LogP contribution is 2.61. The van der Waals surface area contributed by atoms with Crippen molar-refractivity contribution >= 4 is 12.1 Å². The molecule has 0 aromatic heterocycles. The highest BCUT2D eigenvalue weighted by molar-refractivity contribution is 5.89. The number of urea groups is 2. The van der Waals surface area contributed by atoms with Crippen molar-refractivity contribution in [2.24, 2.45) is 0 Å². The van der Waals surface area contributed by atoms with Crippen LogP contribution in [-0.2, 0) is 30.3 Å². The van der Waals surface area contributed by atoms with Crippen molar-refractivity contribution in [1.29, 1.82) is 0 Å². The van der Waals surface area contributed by atoms with E-state index < -0.39 is 11.3 Å². The van der Waals surface area contributed by atoms with Crippen LogP contribution in [0.4, 0.5) is 9.59 Å². The predicted molar refractivity (Wildman–Crippen MR) is 122 cm³/mol. The van der Waals surface area contributed by atoms with E-state index in [9.17, 15) is 9.59 Å². The number of ether oxygens (including phenoxy) is 4. The molecule has 0 bridgehead atoms. The monoisotopic (exact) mass is 470 g/mol. The Morgan fingerprint density at radius 1 is 0.529 bits per heavy atom. The van der Waals surface area contributed by atoms with Gasteiger partial charge in [0.25, 0.3) is 0 Å². The molecule has 0 saturated carbocycles. The summed E-state index contributed by atoms with van der Waals surface area (Å²) in [6.07, 6.45) is 0. The second kappa shape index (κ2) is 9.59. The number of carbonyl (C=O) groups is 2. The standard InChI is InChI=1S/C24H30N4O6/c1-31-15-25-21(29)26(16-32-2)24(20-13-9-6-10-14-20)23(25,19-11-7-5-8-12-19)27(17-33-3)22(30)28(24)18-34-4/h5-14H,15-18H2,1-4H3. The molecule has 2 saturated heterocycles. The number of fused-ring (bicyclic) bond motifs is 1. The van der Waals surface area contributed by atoms with Gasteiger partial charge in [-0.1, -0.05) is 60.7 Å². The fourth-order valence-corrected chi connectivity index (χ4v) is 5.37. The van der Waals surface area contributed by atoms with Gasteiger partial charge in [0.15, 0.2) is 11.3 Å². The van der Waals surface area contributed by atoms with Gasteiger partial charge in [-0.05, 0) is 0 Å². The summed E-state index contributed by atoms with van der Waals surface area (Å²) in [5, 5.41) is 0. The first-order valence-electron chi connectivity index (χ1n) is 10.8. The number of amides is 4. The molecule has 2 fully saturated rings. The molecule has 2 aliphatic rings. The molecular weight excluding hydrogens is 440 g/mol. The Labute approximate surface area is 199 Å². The number of hydrogen-bond donors (Lipinski definition) is 0. The Morgan fingerprint density at radius 2 is 0.794 bits per heavy atom. The summed E-state index contributed by atoms with van der Waals surface area (Å²) in [6, 6.07) is 18.2. The van der Waals surface area contributed by atoms with Crippen LogP contribution in [0.1, 0.15) is 11.1 Å². The van der Waals surface area contributed by atoms with Gasteiger partial charge >= 0.3 is 12.1 Å². The molecule has 4 rings (SSSR count). The minimum absolute atomic E-state index is 0.0726. The average molecular weight is 471 g/mol. The second-order valence-electron chi connectivity index (χ2n) is 8.02. The molecule has 0 N–H and O–H groups in total. The summed E-state index contributed by atoms with van der Waals surface area (Å²) in [6.45, 7) is -0.290. The van der Waals surface area contributed by atoms with Gasteiger partial charge < -0.3 is 18.9 Å². The van der Waals surface area contributed by atoms with Gasteiger partial charge in [-0.3, -0.25) is 19.6 Å². The molecule has 10 heteroatoms. The summed E-state index contributed by atoms with van der Waals surface area (Å²) in [5.74, 6) is 0. The fraction of sp³-hybridized carbons (Fsp3) is 0.417. The molecule has 10 nitrogen and oxygen atoms in total. The van der Waals surface area contributed by atoms with E-state index in [1.807, 2.05) is 60.7 Å². The smallest absolute Gasteiger partial charge is 0.328 e. The van der Waals surface area contributed by atoms with Crippen LogP contribution < -0.4 is 0 Å². The zero-order valence-corrected chi connectivity index (χ0v) is 19.8. The van der Waals surface area contributed by atoms with E-state index in [1.165, 1.54) is 28.4 Å². The minimum Gasteiger partial charge on any atom is -0.364 e. The maximum absolute atomic E-state index is 14.1. The van der Waals surface area contributed by atoms with Crippen LogP contribution in [0, 0.1) is 0 Å². The molecule has 0 radical (unpaired) electrons. The first kappa shape index (κ1) is 24.0. The van der Waals surface area contributed by atoms with Crippen molar-refractivity contribution < 1.29 is 28.5 Å². The lowest BCUT2D eigenvalue weighted by atomic mass is 9.80. The Kier molecular flexibility index (Phi) is 6.76. The van der Waals surface area contributed by atoms with Gasteiger partial charge in [0.1, 0.15) is 26.9 Å². The molecule has 0 aliphatic carbocycles. The van der Waals surface area contributed by atoms with E-state index in [1.54, 1.807) is 19.6 Å². The zero-order valence-electron chi connectivity index (χ0n) is 19.8. The van der Waals surface area contributed by atoms with E-state index in [2.05, 4.69) is 0 Å². The molecular formula is C24H30N4O6. The summed E-state index contributed by atoms with van der Waals surface area (Å²) < 4.78 is 22.1. The minimum atomic E-state index is -1.37. The topological polar surface area (TPSA) is 84.0 Å². The van der Waals surface area contributed by atoms with E-state index in [4.69, 9.17) is 18.9 Å². The van der Waals surface area contributed by atoms with Crippen LogP contribution in [0.15, 0.2) is 60.7 Å². The summed E-state index contributed by atoms with van der Waals surface area (Å²) in [4.78, 5) is 34.4. The van der Waals surface area contributed by atoms with Crippen LogP contribution in [0.25, 0.3) is 0 Å². The highest BCUT2D eigenvalue weighted by Gasteiger charge is 2.80. The van der Waals surface area contributed by atoms with Crippen LogP contribution in [0.2, 0.25) is 0 Å². The molecule has 2 aromatic carbocycles. The molecule has 34 heavy (non-hydrogen) atoms. The molecule has 2 aromatic rings. The predicted octanol–water partition coefficient (Wildman–Crippen LogP) is 2.58. The lowest BCUT2D eigenvalue weighted by Gasteiger charge is -2.49. The number of hydrogen-bond acceptors (Lipinski definition) is 6. The summed E-state index contributed by atoms with van der Waals surface area (Å²) in [5.41, 5.74) is -1.31. The Balaban J connectivity index is 2.19. The lowest BCUT2D eigenvalue weighted by molar-refractivity contribution is -0.143. The molecule has 2 aliphatic heterocycles. The van der Waals surface area contributed by atoms with Crippen molar-refractivity contribution in [1.82, 2.24) is 19.6 Å². The van der Waals surface area contributed by atoms with Crippen LogP contribution in [0.3, 0.4) is 0 Å². The maximum atomic E-state index is 14.1. The van der Waals surface area contributed by atoms with Gasteiger partial charge in [0.2, 0.25) is 0 Å². The van der Waals surface area contributed by atoms with Gasteiger partial charge in [-0.15, -0.1) is 0 Å². The first-order valence-corrected chi connectivity index (χ1v) is 10.8. The van der Waals surface area contributed by atoms with Crippen LogP contribution in [0.5, 0.6) is 0 Å². The normalized spacial score (nSPS) is 24.4. The van der Waals surface area contributed by atoms with Crippen molar-refractivity contribution in [3.63, 3.8) is 0 Å². The third-order valence-electron chi connectivity index (χ3n) is 6.36. The molecule has 182 valence electrons. The van der Waals surface area contributed by atoms with Crippen molar-refractivity contribution in [2.45, 2.75) is 11.3 Å². The number of nitrogens with zero attached hydrogens (tertiary/aromatic N) is 4. The van der Waals surface area contributed by atoms with Crippen LogP contribution >= 0.6 is 0 Å². The van der Waals surface area contributed by atoms with E-state index in [0.717, 1.165) is 0 Å². The third kappa shape index (κ3) is 3.03. The van der Waals surface area contributed by atoms with Gasteiger partial charge in [0.05, 0.1) is 0 Å². The van der Waals surface area contributed by atoms with Gasteiger partial charge in [-0.2, -0.15) is 0 Å². The number of rotatable bonds is 10. The molecule has 4 amide bonds. The quantitative estimate of drug-likeness (QED) is 0.531. The van der Waals surface area contributed by atoms with Crippen molar-refractivity contribution in [2.75, 3.05) is 55.4 Å². The van der Waals surface area contributed by atoms with Crippen LogP contribution in [-0.4, -0.2) is 87.0 Å². The van der Waals surface area contributed by atoms with E-state index in [0.29, 0.717) is 11.1 Å². The Morgan fingerprint density at radius 3 is 1.03 bits per heavy atom. The molecule has 0 spiro atoms. The molecule has 2 heterocycles. The third-order valence-corrected chi connectivity index (χ3v) is 6.36. The SMILES string of the molecule is COCN1C(=O)N(COC)C2(c3ccccc3)N(COC)C(=O)N(COC)C12c1ccccc1. The van der Waals surface area contributed by atoms with Crippen molar-refractivity contribution in [3.05, 3.63) is 71.8 Å². The Hall–Kier alpha value is -3.18. The number of methoxy groups -OCH3 is 4. The first-order chi connectivity index (χ1) is 16.6. The van der Waals surface area contributed by atoms with E-state index in [-0.39, 0.29) is 39.0 Å². The van der Waals surface area contributed by atoms with Gasteiger partial charge in [-0.25, -0.2) is 9.59 Å². The molecule has 0 unspecified atom stereocenters. The van der Waals surface area contributed by atoms with Gasteiger partial charge in [0, 0.05) is 39.6 Å². The number of carbonyl (C=O) groups excluding carboxylic acids is 2. The second-order valence-corrected chi connectivity index (χ2v) is 8.02. The Bertz CT molecular complexity index is 892. The zero-order chi connectivity index (χ0) is 24.3. The lowest BCUT2D eigenvalue weighted by Crippen LogP contribution is -2.64. The fourth-order valence-electron chi connectivity index (χ4n) is 5.37. The average Bonchev–Trinajstić information content (AvgIpc) is 3.20.